The molecule has 0 unspecified atom stereocenters. The molecule has 0 bridgehead atoms. The van der Waals surface area contributed by atoms with Crippen LogP contribution in [0.2, 0.25) is 0 Å². The molecule has 2 rings (SSSR count). The van der Waals surface area contributed by atoms with Crippen LogP contribution in [0.25, 0.3) is 0 Å². The first-order valence-corrected chi connectivity index (χ1v) is 10.3. The van der Waals surface area contributed by atoms with Crippen LogP contribution in [0.3, 0.4) is 0 Å². The lowest BCUT2D eigenvalue weighted by Crippen LogP contribution is -2.39. The molecule has 1 N–H and O–H groups in total. The van der Waals surface area contributed by atoms with Gasteiger partial charge in [0.1, 0.15) is 5.76 Å². The zero-order valence-electron chi connectivity index (χ0n) is 15.9. The van der Waals surface area contributed by atoms with Crippen LogP contribution in [0, 0.1) is 6.92 Å². The van der Waals surface area contributed by atoms with Crippen LogP contribution in [0.15, 0.2) is 45.8 Å². The molecule has 0 aliphatic carbocycles. The van der Waals surface area contributed by atoms with Crippen molar-refractivity contribution in [2.24, 2.45) is 0 Å². The fourth-order valence-electron chi connectivity index (χ4n) is 2.56. The van der Waals surface area contributed by atoms with Crippen LogP contribution in [-0.4, -0.2) is 40.7 Å². The Morgan fingerprint density at radius 3 is 2.63 bits per heavy atom. The van der Waals surface area contributed by atoms with Crippen LogP contribution in [-0.2, 0) is 9.59 Å². The van der Waals surface area contributed by atoms with Gasteiger partial charge < -0.3 is 14.7 Å². The van der Waals surface area contributed by atoms with E-state index in [1.54, 1.807) is 17.9 Å². The summed E-state index contributed by atoms with van der Waals surface area (Å²) in [6.45, 7) is 4.51. The summed E-state index contributed by atoms with van der Waals surface area (Å²) in [5.74, 6) is 1.00. The molecule has 2 aromatic rings. The van der Waals surface area contributed by atoms with Crippen LogP contribution in [0.5, 0.6) is 0 Å². The van der Waals surface area contributed by atoms with Crippen molar-refractivity contribution in [3.8, 4) is 0 Å². The SMILES string of the molecule is CCCCCCN(CC(=O)Nc1cc(C)on1)C(=O)CSc1ccccc1. The molecular formula is C20H27N3O3S. The van der Waals surface area contributed by atoms with E-state index in [4.69, 9.17) is 4.52 Å². The van der Waals surface area contributed by atoms with Crippen molar-refractivity contribution in [3.05, 3.63) is 42.2 Å². The van der Waals surface area contributed by atoms with Crippen molar-refractivity contribution in [2.75, 3.05) is 24.2 Å². The van der Waals surface area contributed by atoms with E-state index in [0.29, 0.717) is 23.9 Å². The molecule has 0 saturated heterocycles. The van der Waals surface area contributed by atoms with Crippen LogP contribution < -0.4 is 5.32 Å². The minimum atomic E-state index is -0.267. The van der Waals surface area contributed by atoms with Gasteiger partial charge in [0.2, 0.25) is 11.8 Å². The number of nitrogens with zero attached hydrogens (tertiary/aromatic N) is 2. The second-order valence-corrected chi connectivity index (χ2v) is 7.40. The van der Waals surface area contributed by atoms with E-state index in [1.807, 2.05) is 30.3 Å². The first-order chi connectivity index (χ1) is 13.1. The normalized spacial score (nSPS) is 10.6. The highest BCUT2D eigenvalue weighted by atomic mass is 32.2. The minimum absolute atomic E-state index is 0.0201. The number of rotatable bonds is 11. The number of aromatic nitrogens is 1. The Hall–Kier alpha value is -2.28. The lowest BCUT2D eigenvalue weighted by atomic mass is 10.2. The molecule has 0 fully saturated rings. The number of aryl methyl sites for hydroxylation is 1. The maximum absolute atomic E-state index is 12.7. The summed E-state index contributed by atoms with van der Waals surface area (Å²) in [5.41, 5.74) is 0. The summed E-state index contributed by atoms with van der Waals surface area (Å²) < 4.78 is 4.95. The monoisotopic (exact) mass is 389 g/mol. The van der Waals surface area contributed by atoms with Crippen molar-refractivity contribution in [2.45, 2.75) is 44.4 Å². The molecular weight excluding hydrogens is 362 g/mol. The molecule has 146 valence electrons. The van der Waals surface area contributed by atoms with Crippen LogP contribution in [0.4, 0.5) is 5.82 Å². The predicted molar refractivity (Wildman–Crippen MR) is 108 cm³/mol. The van der Waals surface area contributed by atoms with Gasteiger partial charge in [-0.2, -0.15) is 0 Å². The van der Waals surface area contributed by atoms with E-state index in [9.17, 15) is 9.59 Å². The van der Waals surface area contributed by atoms with E-state index >= 15 is 0 Å². The van der Waals surface area contributed by atoms with E-state index in [2.05, 4.69) is 17.4 Å². The quantitative estimate of drug-likeness (QED) is 0.462. The molecule has 2 amide bonds. The maximum atomic E-state index is 12.7. The summed E-state index contributed by atoms with van der Waals surface area (Å²) in [4.78, 5) is 27.6. The molecule has 7 heteroatoms. The van der Waals surface area contributed by atoms with Crippen molar-refractivity contribution >= 4 is 29.4 Å². The summed E-state index contributed by atoms with van der Waals surface area (Å²) in [7, 11) is 0. The Labute approximate surface area is 164 Å². The molecule has 0 spiro atoms. The molecule has 0 aliphatic heterocycles. The third-order valence-electron chi connectivity index (χ3n) is 3.97. The second-order valence-electron chi connectivity index (χ2n) is 6.35. The van der Waals surface area contributed by atoms with Gasteiger partial charge in [-0.15, -0.1) is 11.8 Å². The molecule has 0 atom stereocenters. The van der Waals surface area contributed by atoms with Crippen LogP contribution in [0.1, 0.15) is 38.4 Å². The van der Waals surface area contributed by atoms with Crippen molar-refractivity contribution in [3.63, 3.8) is 0 Å². The first kappa shape index (κ1) is 21.0. The van der Waals surface area contributed by atoms with Gasteiger partial charge >= 0.3 is 0 Å². The third kappa shape index (κ3) is 7.86. The molecule has 27 heavy (non-hydrogen) atoms. The number of hydrogen-bond acceptors (Lipinski definition) is 5. The number of unbranched alkanes of at least 4 members (excludes halogenated alkanes) is 3. The molecule has 0 saturated carbocycles. The molecule has 6 nitrogen and oxygen atoms in total. The van der Waals surface area contributed by atoms with Gasteiger partial charge in [-0.25, -0.2) is 0 Å². The van der Waals surface area contributed by atoms with Crippen LogP contribution >= 0.6 is 11.8 Å². The number of carbonyl (C=O) groups excluding carboxylic acids is 2. The number of benzene rings is 1. The zero-order chi connectivity index (χ0) is 19.5. The average molecular weight is 390 g/mol. The highest BCUT2D eigenvalue weighted by molar-refractivity contribution is 8.00. The number of thioether (sulfide) groups is 1. The number of anilines is 1. The highest BCUT2D eigenvalue weighted by Gasteiger charge is 2.18. The van der Waals surface area contributed by atoms with E-state index in [-0.39, 0.29) is 18.4 Å². The Kier molecular flexibility index (Phi) is 8.91. The van der Waals surface area contributed by atoms with E-state index < -0.39 is 0 Å². The smallest absolute Gasteiger partial charge is 0.245 e. The lowest BCUT2D eigenvalue weighted by molar-refractivity contribution is -0.132. The summed E-state index contributed by atoms with van der Waals surface area (Å²) in [6.07, 6.45) is 4.21. The Morgan fingerprint density at radius 2 is 1.96 bits per heavy atom. The van der Waals surface area contributed by atoms with E-state index in [1.165, 1.54) is 11.8 Å². The fraction of sp³-hybridized carbons (Fsp3) is 0.450. The zero-order valence-corrected chi connectivity index (χ0v) is 16.8. The Morgan fingerprint density at radius 1 is 1.19 bits per heavy atom. The summed E-state index contributed by atoms with van der Waals surface area (Å²) >= 11 is 1.48. The van der Waals surface area contributed by atoms with Crippen molar-refractivity contribution in [1.82, 2.24) is 10.1 Å². The number of hydrogen-bond donors (Lipinski definition) is 1. The van der Waals surface area contributed by atoms with Crippen molar-refractivity contribution in [1.29, 1.82) is 0 Å². The minimum Gasteiger partial charge on any atom is -0.360 e. The molecule has 1 aromatic heterocycles. The van der Waals surface area contributed by atoms with Gasteiger partial charge in [0.05, 0.1) is 12.3 Å². The highest BCUT2D eigenvalue weighted by Crippen LogP contribution is 2.18. The Balaban J connectivity index is 1.89. The topological polar surface area (TPSA) is 75.4 Å². The largest absolute Gasteiger partial charge is 0.360 e. The molecule has 1 heterocycles. The maximum Gasteiger partial charge on any atom is 0.245 e. The standard InChI is InChI=1S/C20H27N3O3S/c1-3-4-5-9-12-23(14-19(24)21-18-13-16(2)26-22-18)20(25)15-27-17-10-7-6-8-11-17/h6-8,10-11,13H,3-5,9,12,14-15H2,1-2H3,(H,21,22,24). The second kappa shape index (κ2) is 11.4. The Bertz CT molecular complexity index is 718. The van der Waals surface area contributed by atoms with Gasteiger partial charge in [-0.3, -0.25) is 9.59 Å². The fourth-order valence-corrected chi connectivity index (χ4v) is 3.38. The summed E-state index contributed by atoms with van der Waals surface area (Å²) in [5, 5.41) is 6.43. The number of amides is 2. The number of carbonyl (C=O) groups is 2. The van der Waals surface area contributed by atoms with Gasteiger partial charge in [-0.1, -0.05) is 49.5 Å². The predicted octanol–water partition coefficient (Wildman–Crippen LogP) is 4.12. The van der Waals surface area contributed by atoms with Gasteiger partial charge in [0, 0.05) is 17.5 Å². The van der Waals surface area contributed by atoms with E-state index in [0.717, 1.165) is 30.6 Å². The van der Waals surface area contributed by atoms with Gasteiger partial charge in [0.15, 0.2) is 5.82 Å². The van der Waals surface area contributed by atoms with Gasteiger partial charge in [0.25, 0.3) is 0 Å². The lowest BCUT2D eigenvalue weighted by Gasteiger charge is -2.22. The third-order valence-corrected chi connectivity index (χ3v) is 4.97. The van der Waals surface area contributed by atoms with Crippen molar-refractivity contribution < 1.29 is 14.1 Å². The van der Waals surface area contributed by atoms with Gasteiger partial charge in [-0.05, 0) is 25.5 Å². The number of nitrogens with one attached hydrogen (secondary N) is 1. The summed E-state index contributed by atoms with van der Waals surface area (Å²) in [6, 6.07) is 11.4. The average Bonchev–Trinajstić information content (AvgIpc) is 3.07. The molecule has 1 aromatic carbocycles. The first-order valence-electron chi connectivity index (χ1n) is 9.27. The molecule has 0 aliphatic rings. The molecule has 0 radical (unpaired) electrons.